The van der Waals surface area contributed by atoms with Crippen molar-refractivity contribution < 1.29 is 0 Å². The van der Waals surface area contributed by atoms with E-state index in [1.807, 2.05) is 35.4 Å². The van der Waals surface area contributed by atoms with Crippen molar-refractivity contribution in [1.29, 1.82) is 0 Å². The van der Waals surface area contributed by atoms with E-state index in [1.165, 1.54) is 11.1 Å². The molecule has 3 nitrogen and oxygen atoms in total. The molecule has 0 bridgehead atoms. The lowest BCUT2D eigenvalue weighted by Gasteiger charge is -2.12. The van der Waals surface area contributed by atoms with E-state index in [1.54, 1.807) is 6.20 Å². The second kappa shape index (κ2) is 6.50. The van der Waals surface area contributed by atoms with Crippen molar-refractivity contribution in [3.05, 3.63) is 97.3 Å². The van der Waals surface area contributed by atoms with Crippen molar-refractivity contribution in [2.75, 3.05) is 0 Å². The lowest BCUT2D eigenvalue weighted by atomic mass is 9.99. The first-order valence-corrected chi connectivity index (χ1v) is 7.96. The maximum absolute atomic E-state index is 4.76. The molecule has 0 aliphatic carbocycles. The topological polar surface area (TPSA) is 30.7 Å². The third-order valence-corrected chi connectivity index (χ3v) is 4.05. The predicted octanol–water partition coefficient (Wildman–Crippen LogP) is 4.66. The van der Waals surface area contributed by atoms with Crippen molar-refractivity contribution >= 4 is 0 Å². The Morgan fingerprint density at radius 2 is 1.50 bits per heavy atom. The van der Waals surface area contributed by atoms with Crippen LogP contribution in [0, 0.1) is 0 Å². The standard InChI is InChI=1S/C21H17N3/c1-3-7-17(8-4-1)19-13-20(18-9-5-2-6-10-18)21(23-14-19)15-24-12-11-22-16-24/h1-14,16H,15H2. The zero-order valence-electron chi connectivity index (χ0n) is 13.2. The smallest absolute Gasteiger partial charge is 0.0949 e. The summed E-state index contributed by atoms with van der Waals surface area (Å²) in [7, 11) is 0. The molecule has 0 radical (unpaired) electrons. The SMILES string of the molecule is c1ccc(-c2cnc(Cn3ccnc3)c(-c3ccccc3)c2)cc1. The maximum atomic E-state index is 4.76. The minimum absolute atomic E-state index is 0.708. The number of hydrogen-bond donors (Lipinski definition) is 0. The highest BCUT2D eigenvalue weighted by molar-refractivity contribution is 5.73. The average Bonchev–Trinajstić information content (AvgIpc) is 3.17. The van der Waals surface area contributed by atoms with Crippen molar-refractivity contribution in [2.24, 2.45) is 0 Å². The minimum atomic E-state index is 0.708. The van der Waals surface area contributed by atoms with Gasteiger partial charge in [-0.1, -0.05) is 60.7 Å². The summed E-state index contributed by atoms with van der Waals surface area (Å²) in [6.07, 6.45) is 7.53. The predicted molar refractivity (Wildman–Crippen MR) is 96.4 cm³/mol. The highest BCUT2D eigenvalue weighted by Gasteiger charge is 2.10. The van der Waals surface area contributed by atoms with Crippen molar-refractivity contribution in [1.82, 2.24) is 14.5 Å². The molecule has 0 unspecified atom stereocenters. The highest BCUT2D eigenvalue weighted by atomic mass is 15.0. The third kappa shape index (κ3) is 2.97. The van der Waals surface area contributed by atoms with Gasteiger partial charge in [-0.2, -0.15) is 0 Å². The van der Waals surface area contributed by atoms with Crippen LogP contribution in [0.2, 0.25) is 0 Å². The summed E-state index contributed by atoms with van der Waals surface area (Å²) in [4.78, 5) is 8.88. The van der Waals surface area contributed by atoms with Crippen LogP contribution in [-0.2, 0) is 6.54 Å². The van der Waals surface area contributed by atoms with Gasteiger partial charge in [-0.05, 0) is 17.2 Å². The van der Waals surface area contributed by atoms with Crippen molar-refractivity contribution in [3.63, 3.8) is 0 Å². The highest BCUT2D eigenvalue weighted by Crippen LogP contribution is 2.28. The second-order valence-corrected chi connectivity index (χ2v) is 5.69. The molecule has 0 saturated heterocycles. The Labute approximate surface area is 141 Å². The largest absolute Gasteiger partial charge is 0.331 e. The Hall–Kier alpha value is -3.20. The zero-order valence-corrected chi connectivity index (χ0v) is 13.2. The van der Waals surface area contributed by atoms with E-state index in [2.05, 4.69) is 59.6 Å². The van der Waals surface area contributed by atoms with Crippen LogP contribution in [0.1, 0.15) is 5.69 Å². The van der Waals surface area contributed by atoms with Crippen LogP contribution < -0.4 is 0 Å². The molecule has 4 rings (SSSR count). The lowest BCUT2D eigenvalue weighted by molar-refractivity contribution is 0.775. The van der Waals surface area contributed by atoms with Crippen molar-refractivity contribution in [2.45, 2.75) is 6.54 Å². The van der Waals surface area contributed by atoms with Gasteiger partial charge in [0.15, 0.2) is 0 Å². The summed E-state index contributed by atoms with van der Waals surface area (Å²) in [5.74, 6) is 0. The van der Waals surface area contributed by atoms with Crippen LogP contribution >= 0.6 is 0 Å². The fourth-order valence-electron chi connectivity index (χ4n) is 2.83. The molecular weight excluding hydrogens is 294 g/mol. The number of hydrogen-bond acceptors (Lipinski definition) is 2. The Bertz CT molecular complexity index is 914. The molecule has 24 heavy (non-hydrogen) atoms. The number of imidazole rings is 1. The Morgan fingerprint density at radius 3 is 2.17 bits per heavy atom. The number of benzene rings is 2. The second-order valence-electron chi connectivity index (χ2n) is 5.69. The van der Waals surface area contributed by atoms with Gasteiger partial charge in [-0.15, -0.1) is 0 Å². The van der Waals surface area contributed by atoms with Crippen LogP contribution in [0.15, 0.2) is 91.6 Å². The number of pyridine rings is 1. The summed E-state index contributed by atoms with van der Waals surface area (Å²) >= 11 is 0. The molecule has 3 heteroatoms. The first kappa shape index (κ1) is 14.4. The van der Waals surface area contributed by atoms with Gasteiger partial charge >= 0.3 is 0 Å². The van der Waals surface area contributed by atoms with E-state index >= 15 is 0 Å². The van der Waals surface area contributed by atoms with Crippen LogP contribution in [0.3, 0.4) is 0 Å². The van der Waals surface area contributed by atoms with E-state index in [0.717, 1.165) is 16.8 Å². The first-order chi connectivity index (χ1) is 11.9. The summed E-state index contributed by atoms with van der Waals surface area (Å²) in [6, 6.07) is 23.0. The molecule has 2 heterocycles. The zero-order chi connectivity index (χ0) is 16.2. The molecule has 0 N–H and O–H groups in total. The van der Waals surface area contributed by atoms with E-state index in [9.17, 15) is 0 Å². The molecule has 0 aliphatic rings. The number of nitrogens with zero attached hydrogens (tertiary/aromatic N) is 3. The molecule has 0 saturated carbocycles. The fourth-order valence-corrected chi connectivity index (χ4v) is 2.83. The molecule has 0 aliphatic heterocycles. The molecule has 0 atom stereocenters. The third-order valence-electron chi connectivity index (χ3n) is 4.05. The van der Waals surface area contributed by atoms with Gasteiger partial charge in [0.2, 0.25) is 0 Å². The van der Waals surface area contributed by atoms with Crippen LogP contribution in [-0.4, -0.2) is 14.5 Å². The van der Waals surface area contributed by atoms with E-state index in [4.69, 9.17) is 4.98 Å². The number of aromatic nitrogens is 3. The normalized spacial score (nSPS) is 10.7. The maximum Gasteiger partial charge on any atom is 0.0949 e. The van der Waals surface area contributed by atoms with Crippen LogP contribution in [0.25, 0.3) is 22.3 Å². The van der Waals surface area contributed by atoms with Gasteiger partial charge in [0.25, 0.3) is 0 Å². The summed E-state index contributed by atoms with van der Waals surface area (Å²) in [5, 5.41) is 0. The molecule has 116 valence electrons. The lowest BCUT2D eigenvalue weighted by Crippen LogP contribution is -2.02. The molecular formula is C21H17N3. The Morgan fingerprint density at radius 1 is 0.792 bits per heavy atom. The average molecular weight is 311 g/mol. The van der Waals surface area contributed by atoms with Gasteiger partial charge in [0, 0.05) is 29.7 Å². The summed E-state index contributed by atoms with van der Waals surface area (Å²) in [6.45, 7) is 0.708. The van der Waals surface area contributed by atoms with Gasteiger partial charge in [-0.3, -0.25) is 4.98 Å². The van der Waals surface area contributed by atoms with E-state index in [0.29, 0.717) is 6.54 Å². The number of rotatable bonds is 4. The van der Waals surface area contributed by atoms with Gasteiger partial charge in [0.1, 0.15) is 0 Å². The summed E-state index contributed by atoms with van der Waals surface area (Å²) < 4.78 is 2.04. The monoisotopic (exact) mass is 311 g/mol. The van der Waals surface area contributed by atoms with Gasteiger partial charge in [-0.25, -0.2) is 4.98 Å². The summed E-state index contributed by atoms with van der Waals surface area (Å²) in [5.41, 5.74) is 5.68. The molecule has 0 fully saturated rings. The minimum Gasteiger partial charge on any atom is -0.331 e. The van der Waals surface area contributed by atoms with Crippen LogP contribution in [0.4, 0.5) is 0 Å². The Kier molecular flexibility index (Phi) is 3.90. The van der Waals surface area contributed by atoms with Gasteiger partial charge < -0.3 is 4.57 Å². The molecule has 0 spiro atoms. The van der Waals surface area contributed by atoms with Crippen LogP contribution in [0.5, 0.6) is 0 Å². The molecule has 2 aromatic heterocycles. The van der Waals surface area contributed by atoms with Gasteiger partial charge in [0.05, 0.1) is 18.6 Å². The van der Waals surface area contributed by atoms with E-state index in [-0.39, 0.29) is 0 Å². The van der Waals surface area contributed by atoms with E-state index < -0.39 is 0 Å². The molecule has 4 aromatic rings. The Balaban J connectivity index is 1.82. The molecule has 0 amide bonds. The fraction of sp³-hybridized carbons (Fsp3) is 0.0476. The first-order valence-electron chi connectivity index (χ1n) is 7.96. The van der Waals surface area contributed by atoms with Crippen molar-refractivity contribution in [3.8, 4) is 22.3 Å². The molecule has 2 aromatic carbocycles. The quantitative estimate of drug-likeness (QED) is 0.549.